The van der Waals surface area contributed by atoms with Crippen LogP contribution in [0, 0.1) is 0 Å². The van der Waals surface area contributed by atoms with E-state index >= 15 is 0 Å². The number of amides is 1. The van der Waals surface area contributed by atoms with E-state index in [0.717, 1.165) is 30.6 Å². The first kappa shape index (κ1) is 30.7. The van der Waals surface area contributed by atoms with Crippen LogP contribution in [-0.2, 0) is 4.79 Å². The van der Waals surface area contributed by atoms with Crippen molar-refractivity contribution in [2.45, 2.75) is 109 Å². The van der Waals surface area contributed by atoms with E-state index in [1.165, 1.54) is 75.3 Å². The van der Waals surface area contributed by atoms with Gasteiger partial charge in [0.05, 0.1) is 0 Å². The predicted octanol–water partition coefficient (Wildman–Crippen LogP) is 8.98. The Morgan fingerprint density at radius 1 is 0.765 bits per heavy atom. The molecule has 3 nitrogen and oxygen atoms in total. The summed E-state index contributed by atoms with van der Waals surface area (Å²) < 4.78 is 39.1. The van der Waals surface area contributed by atoms with Crippen molar-refractivity contribution in [2.75, 3.05) is 11.4 Å². The average molecular weight is 520 g/mol. The molecule has 0 aliphatic carbocycles. The van der Waals surface area contributed by atoms with Crippen molar-refractivity contribution in [3.05, 3.63) is 29.8 Å². The molecule has 0 saturated carbocycles. The second-order valence-electron chi connectivity index (χ2n) is 10.3. The SMILES string of the molecule is C[Si](C)(C)CCCCCCCCCCCCCCN(C(=O)C(F)(F)F)c1ccc(C(=O)Cl)cc1. The first-order valence-electron chi connectivity index (χ1n) is 12.6. The summed E-state index contributed by atoms with van der Waals surface area (Å²) in [6.07, 6.45) is 8.61. The molecule has 34 heavy (non-hydrogen) atoms. The van der Waals surface area contributed by atoms with E-state index in [2.05, 4.69) is 19.6 Å². The van der Waals surface area contributed by atoms with Crippen molar-refractivity contribution in [1.29, 1.82) is 0 Å². The second-order valence-corrected chi connectivity index (χ2v) is 16.3. The largest absolute Gasteiger partial charge is 0.471 e. The number of anilines is 1. The van der Waals surface area contributed by atoms with Crippen molar-refractivity contribution in [3.8, 4) is 0 Å². The van der Waals surface area contributed by atoms with E-state index in [1.54, 1.807) is 0 Å². The van der Waals surface area contributed by atoms with Crippen LogP contribution in [0.5, 0.6) is 0 Å². The molecular formula is C26H41ClF3NO2Si. The summed E-state index contributed by atoms with van der Waals surface area (Å²) in [7, 11) is -0.886. The highest BCUT2D eigenvalue weighted by atomic mass is 35.5. The van der Waals surface area contributed by atoms with E-state index in [4.69, 9.17) is 11.6 Å². The van der Waals surface area contributed by atoms with E-state index < -0.39 is 25.4 Å². The van der Waals surface area contributed by atoms with E-state index in [0.29, 0.717) is 6.42 Å². The highest BCUT2D eigenvalue weighted by molar-refractivity contribution is 6.76. The van der Waals surface area contributed by atoms with Crippen molar-refractivity contribution in [2.24, 2.45) is 0 Å². The zero-order chi connectivity index (χ0) is 25.6. The van der Waals surface area contributed by atoms with Gasteiger partial charge in [0.15, 0.2) is 0 Å². The van der Waals surface area contributed by atoms with Crippen LogP contribution in [0.25, 0.3) is 0 Å². The monoisotopic (exact) mass is 519 g/mol. The molecule has 1 rings (SSSR count). The Morgan fingerprint density at radius 2 is 1.18 bits per heavy atom. The third kappa shape index (κ3) is 13.5. The normalized spacial score (nSPS) is 12.1. The van der Waals surface area contributed by atoms with Gasteiger partial charge in [0.25, 0.3) is 5.24 Å². The summed E-state index contributed by atoms with van der Waals surface area (Å²) in [5, 5.41) is -0.697. The molecule has 0 atom stereocenters. The van der Waals surface area contributed by atoms with E-state index in [1.807, 2.05) is 0 Å². The second kappa shape index (κ2) is 15.6. The Kier molecular flexibility index (Phi) is 14.1. The molecule has 0 fully saturated rings. The number of unbranched alkanes of at least 4 members (excludes halogenated alkanes) is 11. The van der Waals surface area contributed by atoms with Gasteiger partial charge < -0.3 is 4.90 Å². The lowest BCUT2D eigenvalue weighted by Gasteiger charge is -2.24. The van der Waals surface area contributed by atoms with Crippen LogP contribution in [-0.4, -0.2) is 31.9 Å². The number of carbonyl (C=O) groups is 2. The summed E-state index contributed by atoms with van der Waals surface area (Å²) in [5.74, 6) is -1.89. The highest BCUT2D eigenvalue weighted by Crippen LogP contribution is 2.25. The molecule has 8 heteroatoms. The molecule has 0 aliphatic heterocycles. The number of hydrogen-bond acceptors (Lipinski definition) is 2. The van der Waals surface area contributed by atoms with Gasteiger partial charge in [0.1, 0.15) is 0 Å². The number of rotatable bonds is 17. The van der Waals surface area contributed by atoms with Crippen molar-refractivity contribution >= 4 is 36.5 Å². The Hall–Kier alpha value is -1.34. The highest BCUT2D eigenvalue weighted by Gasteiger charge is 2.42. The van der Waals surface area contributed by atoms with Crippen molar-refractivity contribution < 1.29 is 22.8 Å². The van der Waals surface area contributed by atoms with Crippen LogP contribution < -0.4 is 4.90 Å². The standard InChI is InChI=1S/C26H41ClF3NO2Si/c1-34(2,3)21-15-13-11-9-7-5-4-6-8-10-12-14-20-31(25(33)26(28,29)30)23-18-16-22(17-19-23)24(27)32/h16-19H,4-15,20-21H2,1-3H3. The number of carbonyl (C=O) groups excluding carboxylic acids is 2. The third-order valence-corrected chi connectivity index (χ3v) is 8.02. The first-order valence-corrected chi connectivity index (χ1v) is 16.7. The number of hydrogen-bond donors (Lipinski definition) is 0. The minimum absolute atomic E-state index is 0.00971. The van der Waals surface area contributed by atoms with Crippen LogP contribution in [0.4, 0.5) is 18.9 Å². The van der Waals surface area contributed by atoms with Gasteiger partial charge in [0.2, 0.25) is 0 Å². The maximum Gasteiger partial charge on any atom is 0.471 e. The molecule has 0 bridgehead atoms. The summed E-state index contributed by atoms with van der Waals surface area (Å²) in [6, 6.07) is 6.73. The lowest BCUT2D eigenvalue weighted by molar-refractivity contribution is -0.170. The molecule has 0 unspecified atom stereocenters. The Balaban J connectivity index is 2.23. The van der Waals surface area contributed by atoms with Crippen LogP contribution in [0.3, 0.4) is 0 Å². The molecule has 0 saturated heterocycles. The van der Waals surface area contributed by atoms with Gasteiger partial charge in [-0.05, 0) is 42.3 Å². The quantitative estimate of drug-likeness (QED) is 0.117. The molecule has 1 aromatic rings. The zero-order valence-corrected chi connectivity index (χ0v) is 22.7. The Labute approximate surface area is 209 Å². The third-order valence-electron chi connectivity index (χ3n) is 5.95. The molecule has 0 N–H and O–H groups in total. The molecule has 0 radical (unpaired) electrons. The molecule has 194 valence electrons. The molecule has 1 amide bonds. The molecule has 0 heterocycles. The Morgan fingerprint density at radius 3 is 1.56 bits per heavy atom. The van der Waals surface area contributed by atoms with Gasteiger partial charge in [0, 0.05) is 25.9 Å². The molecule has 0 aliphatic rings. The van der Waals surface area contributed by atoms with Crippen molar-refractivity contribution in [1.82, 2.24) is 0 Å². The van der Waals surface area contributed by atoms with Gasteiger partial charge in [-0.1, -0.05) is 96.3 Å². The fourth-order valence-electron chi connectivity index (χ4n) is 3.97. The topological polar surface area (TPSA) is 37.4 Å². The van der Waals surface area contributed by atoms with Crippen LogP contribution in [0.15, 0.2) is 24.3 Å². The fraction of sp³-hybridized carbons (Fsp3) is 0.692. The number of benzene rings is 1. The van der Waals surface area contributed by atoms with Crippen molar-refractivity contribution in [3.63, 3.8) is 0 Å². The number of nitrogens with zero attached hydrogens (tertiary/aromatic N) is 1. The molecular weight excluding hydrogens is 479 g/mol. The molecule has 0 aromatic heterocycles. The van der Waals surface area contributed by atoms with E-state index in [9.17, 15) is 22.8 Å². The Bertz CT molecular complexity index is 733. The minimum atomic E-state index is -4.95. The van der Waals surface area contributed by atoms with Crippen LogP contribution in [0.1, 0.15) is 87.4 Å². The summed E-state index contributed by atoms with van der Waals surface area (Å²) in [4.78, 5) is 23.8. The van der Waals surface area contributed by atoms with Gasteiger partial charge in [-0.2, -0.15) is 13.2 Å². The zero-order valence-electron chi connectivity index (χ0n) is 21.0. The number of alkyl halides is 3. The van der Waals surface area contributed by atoms with Crippen LogP contribution >= 0.6 is 11.6 Å². The van der Waals surface area contributed by atoms with Gasteiger partial charge in [-0.15, -0.1) is 0 Å². The minimum Gasteiger partial charge on any atom is -0.305 e. The summed E-state index contributed by atoms with van der Waals surface area (Å²) in [5.41, 5.74) is 0.288. The maximum atomic E-state index is 13.0. The van der Waals surface area contributed by atoms with Crippen LogP contribution in [0.2, 0.25) is 25.7 Å². The lowest BCUT2D eigenvalue weighted by atomic mass is 10.1. The van der Waals surface area contributed by atoms with Gasteiger partial charge >= 0.3 is 12.1 Å². The fourth-order valence-corrected chi connectivity index (χ4v) is 5.40. The lowest BCUT2D eigenvalue weighted by Crippen LogP contribution is -2.41. The summed E-state index contributed by atoms with van der Waals surface area (Å²) >= 11 is 5.38. The maximum absolute atomic E-state index is 13.0. The average Bonchev–Trinajstić information content (AvgIpc) is 2.75. The predicted molar refractivity (Wildman–Crippen MR) is 139 cm³/mol. The smallest absolute Gasteiger partial charge is 0.305 e. The van der Waals surface area contributed by atoms with Gasteiger partial charge in [-0.3, -0.25) is 9.59 Å². The molecule has 0 spiro atoms. The van der Waals surface area contributed by atoms with E-state index in [-0.39, 0.29) is 17.8 Å². The summed E-state index contributed by atoms with van der Waals surface area (Å²) in [6.45, 7) is 7.27. The molecule has 1 aromatic carbocycles. The van der Waals surface area contributed by atoms with Gasteiger partial charge in [-0.25, -0.2) is 0 Å². The first-order chi connectivity index (χ1) is 15.9. The number of halogens is 4.